The van der Waals surface area contributed by atoms with E-state index in [0.29, 0.717) is 12.1 Å². The molecule has 2 atom stereocenters. The third-order valence-corrected chi connectivity index (χ3v) is 4.88. The topological polar surface area (TPSA) is 27.8 Å². The zero-order valence-electron chi connectivity index (χ0n) is 13.0. The number of para-hydroxylation sites is 1. The first kappa shape index (κ1) is 13.6. The molecule has 22 heavy (non-hydrogen) atoms. The van der Waals surface area contributed by atoms with Gasteiger partial charge in [0.15, 0.2) is 0 Å². The molecule has 2 nitrogen and oxygen atoms in total. The number of H-pyrrole nitrogens is 1. The number of aromatic nitrogens is 1. The van der Waals surface area contributed by atoms with Gasteiger partial charge in [0, 0.05) is 28.7 Å². The van der Waals surface area contributed by atoms with Gasteiger partial charge >= 0.3 is 0 Å². The minimum absolute atomic E-state index is 0.401. The van der Waals surface area contributed by atoms with Crippen LogP contribution in [0.25, 0.3) is 10.9 Å². The number of fused-ring (bicyclic) bond motifs is 3. The third kappa shape index (κ3) is 2.44. The third-order valence-electron chi connectivity index (χ3n) is 4.88. The quantitative estimate of drug-likeness (QED) is 0.738. The summed E-state index contributed by atoms with van der Waals surface area (Å²) in [6.07, 6.45) is 3.47. The highest BCUT2D eigenvalue weighted by atomic mass is 15.8. The van der Waals surface area contributed by atoms with Crippen molar-refractivity contribution in [2.24, 2.45) is 0 Å². The molecule has 0 radical (unpaired) electrons. The van der Waals surface area contributed by atoms with Crippen molar-refractivity contribution in [3.63, 3.8) is 0 Å². The van der Waals surface area contributed by atoms with Crippen LogP contribution in [-0.2, 0) is 12.8 Å². The summed E-state index contributed by atoms with van der Waals surface area (Å²) in [5, 5.41) is 5.22. The number of hydrogen-bond acceptors (Lipinski definition) is 1. The molecule has 0 bridgehead atoms. The highest BCUT2D eigenvalue weighted by Crippen LogP contribution is 2.29. The average Bonchev–Trinajstić information content (AvgIpc) is 2.94. The molecule has 1 aliphatic rings. The summed E-state index contributed by atoms with van der Waals surface area (Å²) in [5.41, 5.74) is 5.60. The number of aryl methyl sites for hydroxylation is 1. The van der Waals surface area contributed by atoms with Crippen LogP contribution in [0.15, 0.2) is 54.6 Å². The van der Waals surface area contributed by atoms with Crippen molar-refractivity contribution in [2.75, 3.05) is 0 Å². The Morgan fingerprint density at radius 1 is 1.23 bits per heavy atom. The van der Waals surface area contributed by atoms with Gasteiger partial charge in [-0.2, -0.15) is 0 Å². The lowest BCUT2D eigenvalue weighted by Gasteiger charge is -2.27. The van der Waals surface area contributed by atoms with E-state index < -0.39 is 0 Å². The summed E-state index contributed by atoms with van der Waals surface area (Å²) in [6, 6.07) is 20.4. The van der Waals surface area contributed by atoms with Gasteiger partial charge in [-0.05, 0) is 43.4 Å². The van der Waals surface area contributed by atoms with Gasteiger partial charge < -0.3 is 10.3 Å². The fourth-order valence-electron chi connectivity index (χ4n) is 3.70. The van der Waals surface area contributed by atoms with Crippen LogP contribution >= 0.6 is 0 Å². The van der Waals surface area contributed by atoms with Gasteiger partial charge in [0.25, 0.3) is 0 Å². The largest absolute Gasteiger partial charge is 0.358 e. The molecule has 0 amide bonds. The van der Waals surface area contributed by atoms with E-state index in [1.165, 1.54) is 34.1 Å². The highest BCUT2D eigenvalue weighted by Gasteiger charge is 2.23. The van der Waals surface area contributed by atoms with E-state index in [1.807, 2.05) is 0 Å². The van der Waals surface area contributed by atoms with E-state index in [-0.39, 0.29) is 0 Å². The first-order chi connectivity index (χ1) is 10.8. The molecule has 4 rings (SSSR count). The van der Waals surface area contributed by atoms with Gasteiger partial charge in [-0.3, -0.25) is 0 Å². The van der Waals surface area contributed by atoms with Gasteiger partial charge in [-0.15, -0.1) is 0 Å². The van der Waals surface area contributed by atoms with Gasteiger partial charge in [0.1, 0.15) is 0 Å². The summed E-state index contributed by atoms with van der Waals surface area (Å²) < 4.78 is 0. The monoisotopic (exact) mass is 302 g/mol. The van der Waals surface area contributed by atoms with Crippen molar-refractivity contribution in [1.82, 2.24) is 10.3 Å². The van der Waals surface area contributed by atoms with E-state index in [2.05, 4.69) is 71.8 Å². The maximum absolute atomic E-state index is 3.82. The van der Waals surface area contributed by atoms with Crippen molar-refractivity contribution in [2.45, 2.75) is 38.3 Å². The summed E-state index contributed by atoms with van der Waals surface area (Å²) in [4.78, 5) is 3.59. The maximum atomic E-state index is 3.82. The van der Waals surface area contributed by atoms with Crippen LogP contribution in [0.2, 0.25) is 0 Å². The Kier molecular flexibility index (Phi) is 3.47. The highest BCUT2D eigenvalue weighted by molar-refractivity contribution is 5.84. The van der Waals surface area contributed by atoms with E-state index in [0.717, 1.165) is 12.8 Å². The second-order valence-electron chi connectivity index (χ2n) is 6.37. The van der Waals surface area contributed by atoms with Gasteiger partial charge in [-0.25, -0.2) is 0 Å². The van der Waals surface area contributed by atoms with E-state index in [4.69, 9.17) is 0 Å². The van der Waals surface area contributed by atoms with E-state index >= 15 is 0 Å². The molecular formula is C20H22N2. The Morgan fingerprint density at radius 2 is 2.05 bits per heavy atom. The standard InChI is InChI=1S/C20H22N2/c1-14(15-7-3-2-4-8-15)21-16-11-12-20-18(13-16)17-9-5-6-10-19(17)22-20/h2-10,14,16,21-22H,11-13H2,1H3/t14-,16-/m0/s1/i5+2,6+2,9+2,10+2,17+2,19+2. The van der Waals surface area contributed by atoms with Crippen LogP contribution in [0.5, 0.6) is 0 Å². The molecule has 0 unspecified atom stereocenters. The molecule has 3 aromatic rings. The smallest absolute Gasteiger partial charge is 0.0458 e. The number of aromatic amines is 1. The van der Waals surface area contributed by atoms with Gasteiger partial charge in [0.2, 0.25) is 0 Å². The molecule has 0 saturated carbocycles. The Morgan fingerprint density at radius 3 is 2.91 bits per heavy atom. The predicted molar refractivity (Wildman–Crippen MR) is 92.1 cm³/mol. The van der Waals surface area contributed by atoms with Crippen molar-refractivity contribution < 1.29 is 0 Å². The first-order valence-electron chi connectivity index (χ1n) is 8.21. The Bertz CT molecular complexity index is 773. The van der Waals surface area contributed by atoms with Crippen LogP contribution in [0.3, 0.4) is 0 Å². The normalized spacial score (nSPS) is 19.0. The summed E-state index contributed by atoms with van der Waals surface area (Å²) in [5.74, 6) is 0. The van der Waals surface area contributed by atoms with Crippen molar-refractivity contribution in [3.8, 4) is 0 Å². The summed E-state index contributed by atoms with van der Waals surface area (Å²) in [7, 11) is 0. The molecule has 1 heterocycles. The molecule has 1 aliphatic carbocycles. The zero-order chi connectivity index (χ0) is 14.9. The Hall–Kier alpha value is -2.06. The molecule has 2 heteroatoms. The lowest BCUT2D eigenvalue weighted by atomic mass is 9.94. The van der Waals surface area contributed by atoms with Crippen molar-refractivity contribution >= 4 is 10.9 Å². The fourth-order valence-corrected chi connectivity index (χ4v) is 3.70. The van der Waals surface area contributed by atoms with Crippen LogP contribution in [-0.4, -0.2) is 11.0 Å². The SMILES string of the molecule is C[C@H](N[C@H]1CCc2[nH][14c]3[14cH][14cH][14cH][14cH][14c]3c2C1)c1ccccc1. The van der Waals surface area contributed by atoms with E-state index in [9.17, 15) is 0 Å². The predicted octanol–water partition coefficient (Wildman–Crippen LogP) is 4.38. The number of hydrogen-bond donors (Lipinski definition) is 2. The molecule has 0 spiro atoms. The molecule has 112 valence electrons. The first-order valence-corrected chi connectivity index (χ1v) is 8.21. The fraction of sp³-hybridized carbons (Fsp3) is 0.300. The van der Waals surface area contributed by atoms with Gasteiger partial charge in [0.05, 0.1) is 0 Å². The number of nitrogens with one attached hydrogen (secondary N) is 2. The summed E-state index contributed by atoms with van der Waals surface area (Å²) >= 11 is 0. The molecule has 0 saturated heterocycles. The minimum Gasteiger partial charge on any atom is -0.358 e. The zero-order valence-corrected chi connectivity index (χ0v) is 13.0. The second-order valence-corrected chi connectivity index (χ2v) is 6.37. The molecular weight excluding hydrogens is 280 g/mol. The lowest BCUT2D eigenvalue weighted by Crippen LogP contribution is -2.36. The molecule has 2 aromatic carbocycles. The number of benzene rings is 2. The van der Waals surface area contributed by atoms with E-state index in [1.54, 1.807) is 0 Å². The maximum Gasteiger partial charge on any atom is 0.0458 e. The minimum atomic E-state index is 0.401. The lowest BCUT2D eigenvalue weighted by molar-refractivity contribution is 0.413. The van der Waals surface area contributed by atoms with Crippen LogP contribution < -0.4 is 5.32 Å². The molecule has 2 N–H and O–H groups in total. The number of rotatable bonds is 3. The molecule has 1 aromatic heterocycles. The second kappa shape index (κ2) is 5.62. The van der Waals surface area contributed by atoms with Gasteiger partial charge in [-0.1, -0.05) is 48.5 Å². The summed E-state index contributed by atoms with van der Waals surface area (Å²) in [6.45, 7) is 2.26. The van der Waals surface area contributed by atoms with Crippen molar-refractivity contribution in [3.05, 3.63) is 71.4 Å². The van der Waals surface area contributed by atoms with Crippen molar-refractivity contribution in [1.29, 1.82) is 0 Å². The molecule has 0 fully saturated rings. The van der Waals surface area contributed by atoms with Crippen LogP contribution in [0.1, 0.15) is 36.2 Å². The average molecular weight is 302 g/mol. The van der Waals surface area contributed by atoms with Crippen LogP contribution in [0, 0.1) is 0 Å². The Balaban J connectivity index is 1.54. The Labute approximate surface area is 131 Å². The van der Waals surface area contributed by atoms with Crippen LogP contribution in [0.4, 0.5) is 0 Å². The molecule has 0 aliphatic heterocycles.